The summed E-state index contributed by atoms with van der Waals surface area (Å²) in [5, 5.41) is 15.5. The van der Waals surface area contributed by atoms with Crippen molar-refractivity contribution in [1.29, 1.82) is 0 Å². The third-order valence-electron chi connectivity index (χ3n) is 6.24. The molecule has 0 aliphatic rings. The topological polar surface area (TPSA) is 108 Å². The van der Waals surface area contributed by atoms with E-state index in [1.807, 2.05) is 38.1 Å². The van der Waals surface area contributed by atoms with Gasteiger partial charge in [-0.25, -0.2) is 4.79 Å². The summed E-state index contributed by atoms with van der Waals surface area (Å²) in [5.74, 6) is -0.621. The van der Waals surface area contributed by atoms with Crippen molar-refractivity contribution in [2.45, 2.75) is 91.0 Å². The molecule has 0 aliphatic heterocycles. The molecule has 218 valence electrons. The third kappa shape index (κ3) is 10.1. The first-order valence-electron chi connectivity index (χ1n) is 14.0. The van der Waals surface area contributed by atoms with Crippen LogP contribution in [0.1, 0.15) is 83.5 Å². The fourth-order valence-electron chi connectivity index (χ4n) is 4.36. The number of amides is 3. The number of aromatic hydroxyl groups is 1. The molecule has 0 saturated carbocycles. The van der Waals surface area contributed by atoms with Gasteiger partial charge in [0, 0.05) is 19.0 Å². The van der Waals surface area contributed by atoms with Gasteiger partial charge in [-0.2, -0.15) is 0 Å². The van der Waals surface area contributed by atoms with Crippen LogP contribution in [0, 0.1) is 0 Å². The van der Waals surface area contributed by atoms with Crippen molar-refractivity contribution in [2.24, 2.45) is 0 Å². The number of phenols is 1. The van der Waals surface area contributed by atoms with E-state index in [2.05, 4.69) is 24.1 Å². The Kier molecular flexibility index (Phi) is 12.2. The summed E-state index contributed by atoms with van der Waals surface area (Å²) in [6.45, 7) is 15.4. The zero-order valence-corrected chi connectivity index (χ0v) is 24.7. The molecule has 0 fully saturated rings. The van der Waals surface area contributed by atoms with Gasteiger partial charge in [0.15, 0.2) is 0 Å². The maximum atomic E-state index is 14.3. The van der Waals surface area contributed by atoms with Crippen LogP contribution in [0.3, 0.4) is 0 Å². The average molecular weight is 552 g/mol. The number of hydrogen-bond donors (Lipinski definition) is 3. The van der Waals surface area contributed by atoms with Gasteiger partial charge in [0.05, 0.1) is 0 Å². The molecule has 8 heteroatoms. The number of rotatable bonds is 13. The highest BCUT2D eigenvalue weighted by Gasteiger charge is 2.38. The molecule has 3 N–H and O–H groups in total. The van der Waals surface area contributed by atoms with Gasteiger partial charge < -0.3 is 25.4 Å². The van der Waals surface area contributed by atoms with Gasteiger partial charge >= 0.3 is 6.09 Å². The lowest BCUT2D eigenvalue weighted by Gasteiger charge is -2.37. The van der Waals surface area contributed by atoms with E-state index >= 15 is 0 Å². The van der Waals surface area contributed by atoms with E-state index in [9.17, 15) is 19.5 Å². The van der Waals surface area contributed by atoms with Crippen LogP contribution in [-0.2, 0) is 20.7 Å². The maximum absolute atomic E-state index is 14.3. The van der Waals surface area contributed by atoms with Crippen molar-refractivity contribution < 1.29 is 24.2 Å². The summed E-state index contributed by atoms with van der Waals surface area (Å²) < 4.78 is 5.46. The lowest BCUT2D eigenvalue weighted by molar-refractivity contribution is -0.144. The molecule has 8 nitrogen and oxygen atoms in total. The number of nitrogens with one attached hydrogen (secondary N) is 2. The first-order chi connectivity index (χ1) is 18.9. The maximum Gasteiger partial charge on any atom is 0.408 e. The zero-order chi connectivity index (χ0) is 29.9. The Hall–Kier alpha value is -3.81. The zero-order valence-electron chi connectivity index (χ0n) is 24.7. The van der Waals surface area contributed by atoms with Gasteiger partial charge in [-0.15, -0.1) is 0 Å². The van der Waals surface area contributed by atoms with Crippen molar-refractivity contribution in [3.8, 4) is 5.75 Å². The van der Waals surface area contributed by atoms with E-state index in [4.69, 9.17) is 4.74 Å². The molecule has 2 unspecified atom stereocenters. The number of nitrogens with zero attached hydrogens (tertiary/aromatic N) is 1. The smallest absolute Gasteiger partial charge is 0.408 e. The van der Waals surface area contributed by atoms with E-state index in [1.54, 1.807) is 39.0 Å². The molecular formula is C32H45N3O5. The van der Waals surface area contributed by atoms with Crippen LogP contribution in [0.15, 0.2) is 55.1 Å². The lowest BCUT2D eigenvalue weighted by Crippen LogP contribution is -2.55. The number of carbonyl (C=O) groups is 3. The van der Waals surface area contributed by atoms with Gasteiger partial charge in [-0.1, -0.05) is 62.8 Å². The van der Waals surface area contributed by atoms with Crippen LogP contribution < -0.4 is 10.6 Å². The fraction of sp³-hybridized carbons (Fsp3) is 0.469. The Balaban J connectivity index is 2.53. The van der Waals surface area contributed by atoms with Crippen molar-refractivity contribution in [3.05, 3.63) is 71.8 Å². The molecule has 2 atom stereocenters. The molecule has 0 radical (unpaired) electrons. The quantitative estimate of drug-likeness (QED) is 0.275. The van der Waals surface area contributed by atoms with Crippen LogP contribution in [-0.4, -0.2) is 52.1 Å². The Labute approximate surface area is 238 Å². The summed E-state index contributed by atoms with van der Waals surface area (Å²) in [4.78, 5) is 42.4. The van der Waals surface area contributed by atoms with E-state index in [0.717, 1.165) is 30.4 Å². The molecule has 0 aromatic heterocycles. The van der Waals surface area contributed by atoms with Gasteiger partial charge in [0.25, 0.3) is 0 Å². The monoisotopic (exact) mass is 551 g/mol. The second kappa shape index (κ2) is 15.1. The van der Waals surface area contributed by atoms with Gasteiger partial charge in [0.1, 0.15) is 23.4 Å². The van der Waals surface area contributed by atoms with Crippen LogP contribution >= 0.6 is 0 Å². The molecule has 2 rings (SSSR count). The van der Waals surface area contributed by atoms with E-state index < -0.39 is 29.7 Å². The Morgan fingerprint density at radius 2 is 1.75 bits per heavy atom. The molecule has 40 heavy (non-hydrogen) atoms. The molecular weight excluding hydrogens is 506 g/mol. The molecule has 2 aromatic rings. The SMILES string of the molecule is C=Cc1cccc(C(C(=O)NCCCCC)N(C(=O)C(Cc2ccc(O)cc2)NC(=O)OC(C)(C)C)C(C)C)c1. The van der Waals surface area contributed by atoms with Crippen LogP contribution in [0.4, 0.5) is 4.79 Å². The number of benzene rings is 2. The first kappa shape index (κ1) is 32.4. The van der Waals surface area contributed by atoms with Crippen LogP contribution in [0.5, 0.6) is 5.75 Å². The predicted molar refractivity (Wildman–Crippen MR) is 159 cm³/mol. The minimum Gasteiger partial charge on any atom is -0.508 e. The van der Waals surface area contributed by atoms with Crippen LogP contribution in [0.2, 0.25) is 0 Å². The number of hydrogen-bond acceptors (Lipinski definition) is 5. The second-order valence-electron chi connectivity index (χ2n) is 11.2. The van der Waals surface area contributed by atoms with Crippen molar-refractivity contribution in [3.63, 3.8) is 0 Å². The summed E-state index contributed by atoms with van der Waals surface area (Å²) in [6.07, 6.45) is 3.94. The lowest BCUT2D eigenvalue weighted by atomic mass is 9.97. The molecule has 0 heterocycles. The first-order valence-corrected chi connectivity index (χ1v) is 14.0. The van der Waals surface area contributed by atoms with Gasteiger partial charge in [0.2, 0.25) is 11.8 Å². The number of unbranched alkanes of at least 4 members (excludes halogenated alkanes) is 2. The highest BCUT2D eigenvalue weighted by molar-refractivity contribution is 5.92. The molecule has 0 spiro atoms. The Bertz CT molecular complexity index is 1140. The van der Waals surface area contributed by atoms with Crippen molar-refractivity contribution in [1.82, 2.24) is 15.5 Å². The van der Waals surface area contributed by atoms with E-state index in [-0.39, 0.29) is 24.1 Å². The number of ether oxygens (including phenoxy) is 1. The molecule has 2 aromatic carbocycles. The van der Waals surface area contributed by atoms with Gasteiger partial charge in [-0.3, -0.25) is 9.59 Å². The second-order valence-corrected chi connectivity index (χ2v) is 11.2. The number of alkyl carbamates (subject to hydrolysis) is 1. The Morgan fingerprint density at radius 1 is 1.07 bits per heavy atom. The summed E-state index contributed by atoms with van der Waals surface area (Å²) in [7, 11) is 0. The summed E-state index contributed by atoms with van der Waals surface area (Å²) in [6, 6.07) is 11.5. The molecule has 0 bridgehead atoms. The van der Waals surface area contributed by atoms with Crippen molar-refractivity contribution >= 4 is 24.0 Å². The van der Waals surface area contributed by atoms with Crippen LogP contribution in [0.25, 0.3) is 6.08 Å². The third-order valence-corrected chi connectivity index (χ3v) is 6.24. The highest BCUT2D eigenvalue weighted by atomic mass is 16.6. The molecule has 3 amide bonds. The minimum absolute atomic E-state index is 0.0949. The largest absolute Gasteiger partial charge is 0.508 e. The highest BCUT2D eigenvalue weighted by Crippen LogP contribution is 2.27. The normalized spacial score (nSPS) is 12.8. The summed E-state index contributed by atoms with van der Waals surface area (Å²) in [5.41, 5.74) is 1.43. The fourth-order valence-corrected chi connectivity index (χ4v) is 4.36. The predicted octanol–water partition coefficient (Wildman–Crippen LogP) is 5.76. The number of phenolic OH excluding ortho intramolecular Hbond substituents is 1. The number of carbonyl (C=O) groups excluding carboxylic acids is 3. The van der Waals surface area contributed by atoms with Crippen molar-refractivity contribution in [2.75, 3.05) is 6.54 Å². The van der Waals surface area contributed by atoms with E-state index in [1.165, 1.54) is 17.0 Å². The van der Waals surface area contributed by atoms with E-state index in [0.29, 0.717) is 12.1 Å². The Morgan fingerprint density at radius 3 is 2.33 bits per heavy atom. The molecule has 0 aliphatic carbocycles. The average Bonchev–Trinajstić information content (AvgIpc) is 2.88. The standard InChI is InChI=1S/C32H45N3O5/c1-8-10-11-19-33-29(37)28(25-14-12-13-23(9-2)20-25)35(22(3)4)30(38)27(34-31(39)40-32(5,6)7)21-24-15-17-26(36)18-16-24/h9,12-18,20,22,27-28,36H,2,8,10-11,19,21H2,1,3-7H3,(H,33,37)(H,34,39). The minimum atomic E-state index is -1.03. The summed E-state index contributed by atoms with van der Waals surface area (Å²) >= 11 is 0. The van der Waals surface area contributed by atoms with Gasteiger partial charge in [-0.05, 0) is 75.9 Å². The molecule has 0 saturated heterocycles.